The number of hydrazone groups is 1. The summed E-state index contributed by atoms with van der Waals surface area (Å²) in [5.41, 5.74) is 3.02. The molecule has 154 valence electrons. The zero-order valence-electron chi connectivity index (χ0n) is 17.0. The number of ether oxygens (including phenoxy) is 1. The number of halogens is 1. The third-order valence-corrected chi connectivity index (χ3v) is 4.01. The lowest BCUT2D eigenvalue weighted by molar-refractivity contribution is -0.123. The van der Waals surface area contributed by atoms with Gasteiger partial charge in [0.25, 0.3) is 11.8 Å². The van der Waals surface area contributed by atoms with Crippen LogP contribution in [0.2, 0.25) is 0 Å². The highest BCUT2D eigenvalue weighted by Gasteiger charge is 2.25. The maximum atomic E-state index is 13.8. The number of carbonyl (C=O) groups is 2. The van der Waals surface area contributed by atoms with Gasteiger partial charge in [-0.25, -0.2) is 9.82 Å². The number of nitrogens with one attached hydrogen (secondary N) is 2. The summed E-state index contributed by atoms with van der Waals surface area (Å²) in [6.45, 7) is 7.39. The number of rotatable bonds is 8. The molecule has 0 aliphatic heterocycles. The molecule has 1 atom stereocenters. The molecule has 6 nitrogen and oxygen atoms in total. The first-order chi connectivity index (χ1) is 13.8. The maximum absolute atomic E-state index is 13.8. The van der Waals surface area contributed by atoms with Gasteiger partial charge < -0.3 is 10.1 Å². The van der Waals surface area contributed by atoms with Crippen molar-refractivity contribution in [2.45, 2.75) is 39.8 Å². The molecule has 0 aliphatic rings. The maximum Gasteiger partial charge on any atom is 0.262 e. The largest absolute Gasteiger partial charge is 0.490 e. The number of para-hydroxylation sites is 1. The number of benzene rings is 2. The van der Waals surface area contributed by atoms with Crippen LogP contribution in [0.4, 0.5) is 4.39 Å². The van der Waals surface area contributed by atoms with Crippen LogP contribution < -0.4 is 15.5 Å². The molecule has 0 saturated heterocycles. The molecule has 0 fully saturated rings. The van der Waals surface area contributed by atoms with Crippen LogP contribution in [0.3, 0.4) is 0 Å². The van der Waals surface area contributed by atoms with E-state index in [1.54, 1.807) is 19.9 Å². The molecule has 0 bridgehead atoms. The van der Waals surface area contributed by atoms with Crippen LogP contribution in [0.5, 0.6) is 5.75 Å². The standard InChI is InChI=1S/C22H26FN3O3/c1-14(2)20(25-21(27)17-10-6-7-11-18(17)23)22(28)26-24-13-16-9-5-8-12-19(16)29-15(3)4/h5-15,20H,1-4H3,(H,25,27)(H,26,28). The van der Waals surface area contributed by atoms with Gasteiger partial charge in [-0.15, -0.1) is 0 Å². The van der Waals surface area contributed by atoms with Crippen molar-refractivity contribution in [2.24, 2.45) is 11.0 Å². The zero-order valence-corrected chi connectivity index (χ0v) is 17.0. The lowest BCUT2D eigenvalue weighted by Gasteiger charge is -2.20. The molecule has 2 N–H and O–H groups in total. The molecule has 0 heterocycles. The van der Waals surface area contributed by atoms with Gasteiger partial charge in [0.05, 0.1) is 17.9 Å². The smallest absolute Gasteiger partial charge is 0.262 e. The average Bonchev–Trinajstić information content (AvgIpc) is 2.66. The molecule has 0 saturated carbocycles. The van der Waals surface area contributed by atoms with Gasteiger partial charge in [-0.2, -0.15) is 5.10 Å². The van der Waals surface area contributed by atoms with Crippen LogP contribution in [0.25, 0.3) is 0 Å². The van der Waals surface area contributed by atoms with Crippen LogP contribution in [-0.2, 0) is 4.79 Å². The number of carbonyl (C=O) groups excluding carboxylic acids is 2. The van der Waals surface area contributed by atoms with E-state index in [1.165, 1.54) is 24.4 Å². The average molecular weight is 399 g/mol. The molecular weight excluding hydrogens is 373 g/mol. The summed E-state index contributed by atoms with van der Waals surface area (Å²) in [6.07, 6.45) is 1.48. The Morgan fingerprint density at radius 2 is 1.69 bits per heavy atom. The monoisotopic (exact) mass is 399 g/mol. The third-order valence-electron chi connectivity index (χ3n) is 4.01. The van der Waals surface area contributed by atoms with Crippen LogP contribution in [-0.4, -0.2) is 30.2 Å². The normalized spacial score (nSPS) is 12.2. The van der Waals surface area contributed by atoms with Gasteiger partial charge in [-0.3, -0.25) is 9.59 Å². The Bertz CT molecular complexity index is 881. The quantitative estimate of drug-likeness (QED) is 0.527. The summed E-state index contributed by atoms with van der Waals surface area (Å²) < 4.78 is 19.5. The summed E-state index contributed by atoms with van der Waals surface area (Å²) in [5, 5.41) is 6.55. The van der Waals surface area contributed by atoms with E-state index >= 15 is 0 Å². The van der Waals surface area contributed by atoms with Gasteiger partial charge in [0.1, 0.15) is 17.6 Å². The first-order valence-corrected chi connectivity index (χ1v) is 9.43. The number of nitrogens with zero attached hydrogens (tertiary/aromatic N) is 1. The predicted octanol–water partition coefficient (Wildman–Crippen LogP) is 3.52. The van der Waals surface area contributed by atoms with Crippen molar-refractivity contribution in [3.05, 3.63) is 65.5 Å². The highest BCUT2D eigenvalue weighted by molar-refractivity contribution is 5.98. The Labute approximate surface area is 170 Å². The number of amides is 2. The Hall–Kier alpha value is -3.22. The fourth-order valence-corrected chi connectivity index (χ4v) is 2.58. The van der Waals surface area contributed by atoms with E-state index in [4.69, 9.17) is 4.74 Å². The van der Waals surface area contributed by atoms with Gasteiger partial charge in [-0.05, 0) is 44.0 Å². The van der Waals surface area contributed by atoms with Gasteiger partial charge in [0.2, 0.25) is 0 Å². The molecule has 0 radical (unpaired) electrons. The second-order valence-corrected chi connectivity index (χ2v) is 7.11. The van der Waals surface area contributed by atoms with E-state index in [2.05, 4.69) is 15.8 Å². The van der Waals surface area contributed by atoms with Crippen molar-refractivity contribution in [2.75, 3.05) is 0 Å². The molecule has 2 amide bonds. The fourth-order valence-electron chi connectivity index (χ4n) is 2.58. The van der Waals surface area contributed by atoms with Crippen LogP contribution in [0.15, 0.2) is 53.6 Å². The third kappa shape index (κ3) is 6.41. The molecule has 1 unspecified atom stereocenters. The Morgan fingerprint density at radius 3 is 2.34 bits per heavy atom. The van der Waals surface area contributed by atoms with Crippen molar-refractivity contribution >= 4 is 18.0 Å². The summed E-state index contributed by atoms with van der Waals surface area (Å²) >= 11 is 0. The highest BCUT2D eigenvalue weighted by atomic mass is 19.1. The SMILES string of the molecule is CC(C)Oc1ccccc1C=NNC(=O)C(NC(=O)c1ccccc1F)C(C)C. The molecular formula is C22H26FN3O3. The van der Waals surface area contributed by atoms with Crippen molar-refractivity contribution in [3.8, 4) is 5.75 Å². The first kappa shape index (κ1) is 22.1. The topological polar surface area (TPSA) is 79.8 Å². The van der Waals surface area contributed by atoms with Crippen LogP contribution in [0, 0.1) is 11.7 Å². The fraction of sp³-hybridized carbons (Fsp3) is 0.318. The molecule has 2 rings (SSSR count). The Morgan fingerprint density at radius 1 is 1.03 bits per heavy atom. The molecule has 0 aromatic heterocycles. The second-order valence-electron chi connectivity index (χ2n) is 7.11. The summed E-state index contributed by atoms with van der Waals surface area (Å²) in [4.78, 5) is 24.9. The van der Waals surface area contributed by atoms with E-state index in [1.807, 2.05) is 38.1 Å². The zero-order chi connectivity index (χ0) is 21.4. The lowest BCUT2D eigenvalue weighted by Crippen LogP contribution is -2.48. The minimum Gasteiger partial charge on any atom is -0.490 e. The molecule has 2 aromatic carbocycles. The molecule has 0 spiro atoms. The number of hydrogen-bond donors (Lipinski definition) is 2. The van der Waals surface area contributed by atoms with E-state index in [9.17, 15) is 14.0 Å². The number of hydrogen-bond acceptors (Lipinski definition) is 4. The Kier molecular flexibility index (Phi) is 7.88. The van der Waals surface area contributed by atoms with Crippen molar-refractivity contribution in [1.29, 1.82) is 0 Å². The minimum absolute atomic E-state index is 0.00180. The summed E-state index contributed by atoms with van der Waals surface area (Å²) in [6, 6.07) is 12.0. The molecule has 0 aliphatic carbocycles. The molecule has 2 aromatic rings. The van der Waals surface area contributed by atoms with Crippen molar-refractivity contribution in [3.63, 3.8) is 0 Å². The van der Waals surface area contributed by atoms with Crippen molar-refractivity contribution in [1.82, 2.24) is 10.7 Å². The minimum atomic E-state index is -0.874. The molecule has 29 heavy (non-hydrogen) atoms. The van der Waals surface area contributed by atoms with E-state index in [0.717, 1.165) is 0 Å². The first-order valence-electron chi connectivity index (χ1n) is 9.43. The Balaban J connectivity index is 2.06. The van der Waals surface area contributed by atoms with Gasteiger partial charge in [0, 0.05) is 5.56 Å². The van der Waals surface area contributed by atoms with Crippen molar-refractivity contribution < 1.29 is 18.7 Å². The summed E-state index contributed by atoms with van der Waals surface area (Å²) in [5.74, 6) is -1.38. The predicted molar refractivity (Wildman–Crippen MR) is 110 cm³/mol. The van der Waals surface area contributed by atoms with Crippen LogP contribution >= 0.6 is 0 Å². The van der Waals surface area contributed by atoms with E-state index in [0.29, 0.717) is 11.3 Å². The highest BCUT2D eigenvalue weighted by Crippen LogP contribution is 2.17. The van der Waals surface area contributed by atoms with Gasteiger partial charge in [-0.1, -0.05) is 38.1 Å². The van der Waals surface area contributed by atoms with E-state index < -0.39 is 23.7 Å². The molecule has 7 heteroatoms. The van der Waals surface area contributed by atoms with Crippen LogP contribution in [0.1, 0.15) is 43.6 Å². The van der Waals surface area contributed by atoms with Gasteiger partial charge >= 0.3 is 0 Å². The summed E-state index contributed by atoms with van der Waals surface area (Å²) in [7, 11) is 0. The van der Waals surface area contributed by atoms with Gasteiger partial charge in [0.15, 0.2) is 0 Å². The van der Waals surface area contributed by atoms with E-state index in [-0.39, 0.29) is 17.6 Å². The lowest BCUT2D eigenvalue weighted by atomic mass is 10.0. The second kappa shape index (κ2) is 10.4.